The number of alkyl halides is 3. The summed E-state index contributed by atoms with van der Waals surface area (Å²) in [6.07, 6.45) is -4.36. The molecule has 0 aliphatic heterocycles. The van der Waals surface area contributed by atoms with Gasteiger partial charge in [-0.1, -0.05) is 42.5 Å². The van der Waals surface area contributed by atoms with E-state index in [-0.39, 0.29) is 12.2 Å². The van der Waals surface area contributed by atoms with Crippen molar-refractivity contribution >= 4 is 5.78 Å². The van der Waals surface area contributed by atoms with Crippen molar-refractivity contribution in [2.75, 3.05) is 0 Å². The number of halogens is 3. The average molecular weight is 293 g/mol. The first-order valence-electron chi connectivity index (χ1n) is 6.37. The molecule has 1 atom stereocenters. The molecular weight excluding hydrogens is 279 g/mol. The molecule has 0 saturated carbocycles. The number of rotatable bonds is 4. The van der Waals surface area contributed by atoms with Crippen LogP contribution < -0.4 is 5.73 Å². The van der Waals surface area contributed by atoms with Gasteiger partial charge in [-0.15, -0.1) is 0 Å². The van der Waals surface area contributed by atoms with Crippen LogP contribution in [0.15, 0.2) is 54.6 Å². The average Bonchev–Trinajstić information content (AvgIpc) is 2.47. The molecule has 0 aliphatic carbocycles. The molecule has 2 rings (SSSR count). The molecule has 2 nitrogen and oxygen atoms in total. The van der Waals surface area contributed by atoms with Crippen molar-refractivity contribution < 1.29 is 18.0 Å². The van der Waals surface area contributed by atoms with Gasteiger partial charge in [0.2, 0.25) is 0 Å². The molecule has 2 aromatic carbocycles. The summed E-state index contributed by atoms with van der Waals surface area (Å²) in [4.78, 5) is 12.0. The SMILES string of the molecule is N[C@@H](C(=O)Cc1ccc(C(F)(F)F)cc1)c1ccccc1. The molecule has 0 fully saturated rings. The zero-order chi connectivity index (χ0) is 15.5. The molecular formula is C16H14F3NO. The molecule has 0 spiro atoms. The van der Waals surface area contributed by atoms with Gasteiger partial charge in [0.05, 0.1) is 11.6 Å². The zero-order valence-electron chi connectivity index (χ0n) is 11.1. The normalized spacial score (nSPS) is 13.0. The smallest absolute Gasteiger partial charge is 0.318 e. The molecule has 0 heterocycles. The van der Waals surface area contributed by atoms with Crippen LogP contribution >= 0.6 is 0 Å². The van der Waals surface area contributed by atoms with E-state index in [1.54, 1.807) is 24.3 Å². The van der Waals surface area contributed by atoms with Gasteiger partial charge < -0.3 is 5.73 Å². The fourth-order valence-electron chi connectivity index (χ4n) is 1.97. The summed E-state index contributed by atoms with van der Waals surface area (Å²) in [6.45, 7) is 0. The number of benzene rings is 2. The Labute approximate surface area is 120 Å². The second-order valence-corrected chi connectivity index (χ2v) is 4.73. The summed E-state index contributed by atoms with van der Waals surface area (Å²) in [5.74, 6) is -0.235. The van der Waals surface area contributed by atoms with Crippen molar-refractivity contribution in [3.05, 3.63) is 71.3 Å². The van der Waals surface area contributed by atoms with Gasteiger partial charge in [0.15, 0.2) is 5.78 Å². The molecule has 0 radical (unpaired) electrons. The third-order valence-electron chi connectivity index (χ3n) is 3.17. The van der Waals surface area contributed by atoms with Crippen molar-refractivity contribution in [3.63, 3.8) is 0 Å². The second kappa shape index (κ2) is 6.10. The number of ketones is 1. The van der Waals surface area contributed by atoms with Crippen molar-refractivity contribution in [1.29, 1.82) is 0 Å². The number of nitrogens with two attached hydrogens (primary N) is 1. The van der Waals surface area contributed by atoms with E-state index in [0.29, 0.717) is 11.1 Å². The van der Waals surface area contributed by atoms with Gasteiger partial charge in [-0.25, -0.2) is 0 Å². The van der Waals surface area contributed by atoms with Crippen molar-refractivity contribution in [3.8, 4) is 0 Å². The summed E-state index contributed by atoms with van der Waals surface area (Å²) in [5, 5.41) is 0. The lowest BCUT2D eigenvalue weighted by atomic mass is 9.98. The number of hydrogen-bond donors (Lipinski definition) is 1. The van der Waals surface area contributed by atoms with E-state index in [0.717, 1.165) is 12.1 Å². The van der Waals surface area contributed by atoms with Gasteiger partial charge in [-0.05, 0) is 23.3 Å². The van der Waals surface area contributed by atoms with Crippen LogP contribution in [-0.2, 0) is 17.4 Å². The molecule has 2 aromatic rings. The molecule has 0 saturated heterocycles. The molecule has 21 heavy (non-hydrogen) atoms. The van der Waals surface area contributed by atoms with E-state index >= 15 is 0 Å². The van der Waals surface area contributed by atoms with E-state index in [1.807, 2.05) is 6.07 Å². The largest absolute Gasteiger partial charge is 0.416 e. The third-order valence-corrected chi connectivity index (χ3v) is 3.17. The number of Topliss-reactive ketones (excluding diaryl/α,β-unsaturated/α-hetero) is 1. The Balaban J connectivity index is 2.06. The van der Waals surface area contributed by atoms with Gasteiger partial charge in [0.25, 0.3) is 0 Å². The Morgan fingerprint density at radius 3 is 2.10 bits per heavy atom. The maximum atomic E-state index is 12.4. The number of carbonyl (C=O) groups excluding carboxylic acids is 1. The standard InChI is InChI=1S/C16H14F3NO/c17-16(18,19)13-8-6-11(7-9-13)10-14(21)15(20)12-4-2-1-3-5-12/h1-9,15H,10,20H2/t15-/m1/s1. The highest BCUT2D eigenvalue weighted by Gasteiger charge is 2.30. The van der Waals surface area contributed by atoms with E-state index in [1.165, 1.54) is 12.1 Å². The van der Waals surface area contributed by atoms with E-state index in [9.17, 15) is 18.0 Å². The van der Waals surface area contributed by atoms with Gasteiger partial charge in [0, 0.05) is 6.42 Å². The minimum atomic E-state index is -4.37. The topological polar surface area (TPSA) is 43.1 Å². The predicted molar refractivity (Wildman–Crippen MR) is 73.5 cm³/mol. The summed E-state index contributed by atoms with van der Waals surface area (Å²) in [6, 6.07) is 12.6. The lowest BCUT2D eigenvalue weighted by molar-refractivity contribution is -0.137. The predicted octanol–water partition coefficient (Wildman–Crippen LogP) is 3.52. The Kier molecular flexibility index (Phi) is 4.43. The van der Waals surface area contributed by atoms with Crippen LogP contribution in [0, 0.1) is 0 Å². The minimum Gasteiger partial charge on any atom is -0.318 e. The molecule has 0 bridgehead atoms. The van der Waals surface area contributed by atoms with Crippen LogP contribution in [0.4, 0.5) is 13.2 Å². The molecule has 0 aromatic heterocycles. The Hall–Kier alpha value is -2.14. The lowest BCUT2D eigenvalue weighted by Crippen LogP contribution is -2.23. The quantitative estimate of drug-likeness (QED) is 0.937. The monoisotopic (exact) mass is 293 g/mol. The first-order chi connectivity index (χ1) is 9.88. The van der Waals surface area contributed by atoms with Crippen molar-refractivity contribution in [2.45, 2.75) is 18.6 Å². The lowest BCUT2D eigenvalue weighted by Gasteiger charge is -2.11. The van der Waals surface area contributed by atoms with Crippen LogP contribution in [-0.4, -0.2) is 5.78 Å². The molecule has 5 heteroatoms. The number of carbonyl (C=O) groups is 1. The van der Waals surface area contributed by atoms with Gasteiger partial charge >= 0.3 is 6.18 Å². The summed E-state index contributed by atoms with van der Waals surface area (Å²) < 4.78 is 37.3. The number of hydrogen-bond acceptors (Lipinski definition) is 2. The van der Waals surface area contributed by atoms with Gasteiger partial charge in [0.1, 0.15) is 0 Å². The van der Waals surface area contributed by atoms with Crippen molar-refractivity contribution in [1.82, 2.24) is 0 Å². The molecule has 0 aliphatic rings. The maximum absolute atomic E-state index is 12.4. The van der Waals surface area contributed by atoms with Gasteiger partial charge in [-0.3, -0.25) is 4.79 Å². The third kappa shape index (κ3) is 3.92. The van der Waals surface area contributed by atoms with Crippen LogP contribution in [0.25, 0.3) is 0 Å². The van der Waals surface area contributed by atoms with Crippen molar-refractivity contribution in [2.24, 2.45) is 5.73 Å². The Morgan fingerprint density at radius 2 is 1.57 bits per heavy atom. The zero-order valence-corrected chi connectivity index (χ0v) is 11.1. The first-order valence-corrected chi connectivity index (χ1v) is 6.37. The fraction of sp³-hybridized carbons (Fsp3) is 0.188. The van der Waals surface area contributed by atoms with Crippen LogP contribution in [0.2, 0.25) is 0 Å². The van der Waals surface area contributed by atoms with Crippen LogP contribution in [0.1, 0.15) is 22.7 Å². The fourth-order valence-corrected chi connectivity index (χ4v) is 1.97. The van der Waals surface area contributed by atoms with Crippen LogP contribution in [0.5, 0.6) is 0 Å². The molecule has 2 N–H and O–H groups in total. The molecule has 110 valence electrons. The minimum absolute atomic E-state index is 0.00813. The summed E-state index contributed by atoms with van der Waals surface area (Å²) >= 11 is 0. The summed E-state index contributed by atoms with van der Waals surface area (Å²) in [7, 11) is 0. The van der Waals surface area contributed by atoms with E-state index in [4.69, 9.17) is 5.73 Å². The molecule has 0 unspecified atom stereocenters. The highest BCUT2D eigenvalue weighted by atomic mass is 19.4. The first kappa shape index (κ1) is 15.3. The molecule has 0 amide bonds. The van der Waals surface area contributed by atoms with Crippen LogP contribution in [0.3, 0.4) is 0 Å². The Morgan fingerprint density at radius 1 is 1.00 bits per heavy atom. The highest BCUT2D eigenvalue weighted by Crippen LogP contribution is 2.29. The van der Waals surface area contributed by atoms with Gasteiger partial charge in [-0.2, -0.15) is 13.2 Å². The second-order valence-electron chi connectivity index (χ2n) is 4.73. The summed E-state index contributed by atoms with van der Waals surface area (Å²) in [5.41, 5.74) is 6.33. The highest BCUT2D eigenvalue weighted by molar-refractivity contribution is 5.87. The van der Waals surface area contributed by atoms with E-state index in [2.05, 4.69) is 0 Å². The Bertz CT molecular complexity index is 606. The maximum Gasteiger partial charge on any atom is 0.416 e. The van der Waals surface area contributed by atoms with E-state index < -0.39 is 17.8 Å².